The molecule has 1 aromatic carbocycles. The molecule has 0 aliphatic carbocycles. The van der Waals surface area contributed by atoms with Crippen LogP contribution in [0.5, 0.6) is 5.75 Å². The van der Waals surface area contributed by atoms with Gasteiger partial charge in [0.05, 0.1) is 12.6 Å². The van der Waals surface area contributed by atoms with Crippen molar-refractivity contribution in [2.24, 2.45) is 0 Å². The van der Waals surface area contributed by atoms with Crippen LogP contribution in [0.1, 0.15) is 10.6 Å². The highest BCUT2D eigenvalue weighted by Crippen LogP contribution is 2.26. The summed E-state index contributed by atoms with van der Waals surface area (Å²) in [6.07, 6.45) is 1.63. The van der Waals surface area contributed by atoms with Gasteiger partial charge in [-0.3, -0.25) is 10.1 Å². The highest BCUT2D eigenvalue weighted by Gasteiger charge is 2.15. The predicted molar refractivity (Wildman–Crippen MR) is 88.1 cm³/mol. The third-order valence-corrected chi connectivity index (χ3v) is 4.07. The van der Waals surface area contributed by atoms with Crippen molar-refractivity contribution < 1.29 is 13.9 Å². The summed E-state index contributed by atoms with van der Waals surface area (Å²) in [5.41, 5.74) is 1.20. The summed E-state index contributed by atoms with van der Waals surface area (Å²) in [4.78, 5) is 20.6. The SMILES string of the molecule is COc1ccc2nc3oc(C(=O)Nc4nccs4)cc3cc2c1. The average Bonchev–Trinajstić information content (AvgIpc) is 3.21. The Labute approximate surface area is 134 Å². The fourth-order valence-corrected chi connectivity index (χ4v) is 2.82. The molecule has 1 amide bonds. The van der Waals surface area contributed by atoms with Gasteiger partial charge in [0.25, 0.3) is 5.91 Å². The molecule has 114 valence electrons. The second kappa shape index (κ2) is 5.36. The summed E-state index contributed by atoms with van der Waals surface area (Å²) < 4.78 is 10.8. The van der Waals surface area contributed by atoms with Crippen LogP contribution < -0.4 is 10.1 Å². The van der Waals surface area contributed by atoms with Crippen molar-refractivity contribution in [1.82, 2.24) is 9.97 Å². The summed E-state index contributed by atoms with van der Waals surface area (Å²) in [6, 6.07) is 9.17. The molecule has 0 spiro atoms. The Kier molecular flexibility index (Phi) is 3.20. The zero-order chi connectivity index (χ0) is 15.8. The van der Waals surface area contributed by atoms with E-state index in [9.17, 15) is 4.79 Å². The molecule has 0 saturated heterocycles. The number of nitrogens with one attached hydrogen (secondary N) is 1. The minimum absolute atomic E-state index is 0.199. The highest BCUT2D eigenvalue weighted by atomic mass is 32.1. The van der Waals surface area contributed by atoms with E-state index in [0.29, 0.717) is 10.8 Å². The molecule has 0 saturated carbocycles. The molecule has 7 heteroatoms. The molecule has 1 N–H and O–H groups in total. The number of methoxy groups -OCH3 is 1. The number of carbonyl (C=O) groups excluding carboxylic acids is 1. The maximum absolute atomic E-state index is 12.2. The Morgan fingerprint density at radius 3 is 2.96 bits per heavy atom. The van der Waals surface area contributed by atoms with Crippen LogP contribution in [0.2, 0.25) is 0 Å². The number of nitrogens with zero attached hydrogens (tertiary/aromatic N) is 2. The zero-order valence-corrected chi connectivity index (χ0v) is 12.9. The van der Waals surface area contributed by atoms with Crippen LogP contribution in [0.25, 0.3) is 22.0 Å². The number of carbonyl (C=O) groups is 1. The lowest BCUT2D eigenvalue weighted by molar-refractivity contribution is 0.0998. The summed E-state index contributed by atoms with van der Waals surface area (Å²) >= 11 is 1.34. The van der Waals surface area contributed by atoms with E-state index in [2.05, 4.69) is 15.3 Å². The van der Waals surface area contributed by atoms with E-state index in [-0.39, 0.29) is 11.7 Å². The second-order valence-electron chi connectivity index (χ2n) is 4.84. The standard InChI is InChI=1S/C16H11N3O3S/c1-21-11-2-3-12-9(7-11)6-10-8-13(22-15(10)18-12)14(20)19-16-17-4-5-23-16/h2-8H,1H3,(H,17,19,20). The molecule has 4 rings (SSSR count). The second-order valence-corrected chi connectivity index (χ2v) is 5.74. The van der Waals surface area contributed by atoms with Crippen molar-refractivity contribution in [3.05, 3.63) is 47.7 Å². The first-order valence-electron chi connectivity index (χ1n) is 6.82. The third kappa shape index (κ3) is 2.51. The molecular weight excluding hydrogens is 314 g/mol. The van der Waals surface area contributed by atoms with Gasteiger partial charge in [0.2, 0.25) is 5.71 Å². The van der Waals surface area contributed by atoms with Crippen LogP contribution >= 0.6 is 11.3 Å². The van der Waals surface area contributed by atoms with Crippen LogP contribution in [-0.4, -0.2) is 23.0 Å². The van der Waals surface area contributed by atoms with Crippen LogP contribution in [0.15, 0.2) is 46.3 Å². The van der Waals surface area contributed by atoms with E-state index < -0.39 is 0 Å². The first-order valence-corrected chi connectivity index (χ1v) is 7.70. The summed E-state index contributed by atoms with van der Waals surface area (Å²) in [5.74, 6) is 0.605. The normalized spacial score (nSPS) is 11.0. The number of fused-ring (bicyclic) bond motifs is 2. The van der Waals surface area contributed by atoms with Crippen LogP contribution in [0.3, 0.4) is 0 Å². The Hall–Kier alpha value is -2.93. The van der Waals surface area contributed by atoms with Gasteiger partial charge in [-0.2, -0.15) is 0 Å². The van der Waals surface area contributed by atoms with Crippen molar-refractivity contribution in [2.75, 3.05) is 12.4 Å². The lowest BCUT2D eigenvalue weighted by Gasteiger charge is -2.01. The third-order valence-electron chi connectivity index (χ3n) is 3.38. The number of pyridine rings is 1. The fraction of sp³-hybridized carbons (Fsp3) is 0.0625. The van der Waals surface area contributed by atoms with E-state index in [4.69, 9.17) is 9.15 Å². The molecule has 3 aromatic heterocycles. The van der Waals surface area contributed by atoms with Crippen LogP contribution in [0.4, 0.5) is 5.13 Å². The molecule has 3 heterocycles. The Morgan fingerprint density at radius 2 is 2.17 bits per heavy atom. The zero-order valence-electron chi connectivity index (χ0n) is 12.1. The number of hydrogen-bond acceptors (Lipinski definition) is 6. The summed E-state index contributed by atoms with van der Waals surface area (Å²) in [5, 5.41) is 6.68. The maximum atomic E-state index is 12.2. The lowest BCUT2D eigenvalue weighted by Crippen LogP contribution is -2.10. The molecular formula is C16H11N3O3S. The molecule has 4 aromatic rings. The van der Waals surface area contributed by atoms with E-state index >= 15 is 0 Å². The fourth-order valence-electron chi connectivity index (χ4n) is 2.30. The molecule has 0 fully saturated rings. The molecule has 0 unspecified atom stereocenters. The van der Waals surface area contributed by atoms with E-state index in [1.54, 1.807) is 24.8 Å². The average molecular weight is 325 g/mol. The Bertz CT molecular complexity index is 1010. The smallest absolute Gasteiger partial charge is 0.293 e. The van der Waals surface area contributed by atoms with Gasteiger partial charge in [-0.1, -0.05) is 0 Å². The molecule has 0 radical (unpaired) electrons. The highest BCUT2D eigenvalue weighted by molar-refractivity contribution is 7.13. The summed E-state index contributed by atoms with van der Waals surface area (Å²) in [7, 11) is 1.62. The number of benzene rings is 1. The van der Waals surface area contributed by atoms with Gasteiger partial charge < -0.3 is 9.15 Å². The van der Waals surface area contributed by atoms with Gasteiger partial charge in [0.15, 0.2) is 10.9 Å². The number of aromatic nitrogens is 2. The van der Waals surface area contributed by atoms with Crippen molar-refractivity contribution in [1.29, 1.82) is 0 Å². The van der Waals surface area contributed by atoms with Crippen molar-refractivity contribution in [2.45, 2.75) is 0 Å². The van der Waals surface area contributed by atoms with E-state index in [1.807, 2.05) is 24.3 Å². The monoisotopic (exact) mass is 325 g/mol. The van der Waals surface area contributed by atoms with Gasteiger partial charge in [0, 0.05) is 22.3 Å². The van der Waals surface area contributed by atoms with Crippen molar-refractivity contribution >= 4 is 44.4 Å². The van der Waals surface area contributed by atoms with Gasteiger partial charge in [-0.05, 0) is 30.3 Å². The number of furan rings is 1. The number of anilines is 1. The maximum Gasteiger partial charge on any atom is 0.293 e. The molecule has 23 heavy (non-hydrogen) atoms. The Balaban J connectivity index is 1.74. The van der Waals surface area contributed by atoms with E-state index in [0.717, 1.165) is 22.0 Å². The van der Waals surface area contributed by atoms with Crippen molar-refractivity contribution in [3.8, 4) is 5.75 Å². The minimum Gasteiger partial charge on any atom is -0.497 e. The first kappa shape index (κ1) is 13.7. The van der Waals surface area contributed by atoms with Gasteiger partial charge >= 0.3 is 0 Å². The number of ether oxygens (including phenoxy) is 1. The molecule has 6 nitrogen and oxygen atoms in total. The lowest BCUT2D eigenvalue weighted by atomic mass is 10.2. The predicted octanol–water partition coefficient (Wildman–Crippen LogP) is 3.70. The number of thiazole rings is 1. The molecule has 0 bridgehead atoms. The quantitative estimate of drug-likeness (QED) is 0.621. The van der Waals surface area contributed by atoms with Crippen molar-refractivity contribution in [3.63, 3.8) is 0 Å². The first-order chi connectivity index (χ1) is 11.2. The van der Waals surface area contributed by atoms with Crippen LogP contribution in [-0.2, 0) is 0 Å². The van der Waals surface area contributed by atoms with Gasteiger partial charge in [-0.15, -0.1) is 11.3 Å². The number of hydrogen-bond donors (Lipinski definition) is 1. The summed E-state index contributed by atoms with van der Waals surface area (Å²) in [6.45, 7) is 0. The Morgan fingerprint density at radius 1 is 1.26 bits per heavy atom. The van der Waals surface area contributed by atoms with Gasteiger partial charge in [-0.25, -0.2) is 9.97 Å². The molecule has 0 atom stereocenters. The van der Waals surface area contributed by atoms with Gasteiger partial charge in [0.1, 0.15) is 5.75 Å². The van der Waals surface area contributed by atoms with E-state index in [1.165, 1.54) is 11.3 Å². The molecule has 0 aliphatic heterocycles. The number of rotatable bonds is 3. The number of amides is 1. The largest absolute Gasteiger partial charge is 0.497 e. The molecule has 0 aliphatic rings. The minimum atomic E-state index is -0.348. The topological polar surface area (TPSA) is 77.2 Å². The van der Waals surface area contributed by atoms with Crippen LogP contribution in [0, 0.1) is 0 Å².